The van der Waals surface area contributed by atoms with Gasteiger partial charge in [-0.2, -0.15) is 0 Å². The van der Waals surface area contributed by atoms with Crippen molar-refractivity contribution < 1.29 is 0 Å². The fraction of sp³-hybridized carbons (Fsp3) is 0.800. The van der Waals surface area contributed by atoms with Crippen LogP contribution in [-0.2, 0) is 0 Å². The summed E-state index contributed by atoms with van der Waals surface area (Å²) in [5.74, 6) is 0.711. The van der Waals surface area contributed by atoms with Crippen molar-refractivity contribution >= 4 is 0 Å². The summed E-state index contributed by atoms with van der Waals surface area (Å²) in [6, 6.07) is 0. The molecule has 11 heavy (non-hydrogen) atoms. The molecule has 0 heterocycles. The van der Waals surface area contributed by atoms with Gasteiger partial charge in [0.2, 0.25) is 0 Å². The monoisotopic (exact) mass is 155 g/mol. The predicted molar refractivity (Wildman–Crippen MR) is 51.7 cm³/mol. The first-order valence-electron chi connectivity index (χ1n) is 4.30. The van der Waals surface area contributed by atoms with E-state index in [0.717, 1.165) is 13.1 Å². The quantitative estimate of drug-likeness (QED) is 0.485. The van der Waals surface area contributed by atoms with Gasteiger partial charge in [0.05, 0.1) is 0 Å². The van der Waals surface area contributed by atoms with Gasteiger partial charge in [0, 0.05) is 6.54 Å². The maximum absolute atomic E-state index is 3.66. The number of hydrogen-bond donors (Lipinski definition) is 1. The van der Waals surface area contributed by atoms with Crippen LogP contribution in [-0.4, -0.2) is 13.1 Å². The third-order valence-electron chi connectivity index (χ3n) is 2.22. The second-order valence-electron chi connectivity index (χ2n) is 4.21. The van der Waals surface area contributed by atoms with E-state index in [1.807, 2.05) is 6.08 Å². The van der Waals surface area contributed by atoms with Gasteiger partial charge < -0.3 is 5.32 Å². The Morgan fingerprint density at radius 1 is 1.45 bits per heavy atom. The fourth-order valence-electron chi connectivity index (χ4n) is 0.708. The minimum absolute atomic E-state index is 0.411. The summed E-state index contributed by atoms with van der Waals surface area (Å²) in [5, 5.41) is 3.32. The molecule has 0 aliphatic heterocycles. The molecular formula is C10H21N. The van der Waals surface area contributed by atoms with Gasteiger partial charge in [-0.25, -0.2) is 0 Å². The zero-order valence-electron chi connectivity index (χ0n) is 8.28. The van der Waals surface area contributed by atoms with E-state index in [9.17, 15) is 0 Å². The Kier molecular flexibility index (Phi) is 4.43. The lowest BCUT2D eigenvalue weighted by Gasteiger charge is -2.27. The third-order valence-corrected chi connectivity index (χ3v) is 2.22. The second kappa shape index (κ2) is 4.55. The summed E-state index contributed by atoms with van der Waals surface area (Å²) < 4.78 is 0. The highest BCUT2D eigenvalue weighted by atomic mass is 14.8. The third kappa shape index (κ3) is 5.02. The van der Waals surface area contributed by atoms with Gasteiger partial charge in [0.15, 0.2) is 0 Å². The van der Waals surface area contributed by atoms with Crippen LogP contribution in [0.25, 0.3) is 0 Å². The first kappa shape index (κ1) is 10.7. The zero-order chi connectivity index (χ0) is 8.91. The molecule has 1 nitrogen and oxygen atoms in total. The summed E-state index contributed by atoms with van der Waals surface area (Å²) >= 11 is 0. The van der Waals surface area contributed by atoms with E-state index in [1.54, 1.807) is 0 Å². The Hall–Kier alpha value is -0.300. The molecule has 0 saturated carbocycles. The Bertz CT molecular complexity index is 111. The van der Waals surface area contributed by atoms with Crippen LogP contribution in [0.1, 0.15) is 27.7 Å². The second-order valence-corrected chi connectivity index (χ2v) is 4.21. The molecule has 0 aromatic rings. The van der Waals surface area contributed by atoms with E-state index in [0.29, 0.717) is 11.3 Å². The van der Waals surface area contributed by atoms with Crippen molar-refractivity contribution in [2.45, 2.75) is 27.7 Å². The minimum Gasteiger partial charge on any atom is -0.313 e. The molecule has 0 aromatic heterocycles. The molecular weight excluding hydrogens is 134 g/mol. The lowest BCUT2D eigenvalue weighted by molar-refractivity contribution is 0.255. The summed E-state index contributed by atoms with van der Waals surface area (Å²) in [7, 11) is 0. The van der Waals surface area contributed by atoms with E-state index in [1.165, 1.54) is 0 Å². The first-order chi connectivity index (χ1) is 4.98. The van der Waals surface area contributed by atoms with Crippen molar-refractivity contribution in [3.8, 4) is 0 Å². The van der Waals surface area contributed by atoms with Crippen molar-refractivity contribution in [2.75, 3.05) is 13.1 Å². The molecule has 66 valence electrons. The molecule has 0 spiro atoms. The van der Waals surface area contributed by atoms with Crippen LogP contribution >= 0.6 is 0 Å². The SMILES string of the molecule is C=CCNCC(C)C(C)(C)C. The number of rotatable bonds is 4. The van der Waals surface area contributed by atoms with E-state index >= 15 is 0 Å². The van der Waals surface area contributed by atoms with Crippen LogP contribution in [0, 0.1) is 11.3 Å². The molecule has 0 aromatic carbocycles. The van der Waals surface area contributed by atoms with Crippen LogP contribution in [0.2, 0.25) is 0 Å². The molecule has 0 aliphatic rings. The lowest BCUT2D eigenvalue weighted by atomic mass is 9.82. The summed E-state index contributed by atoms with van der Waals surface area (Å²) in [6.07, 6.45) is 1.90. The molecule has 0 aliphatic carbocycles. The summed E-state index contributed by atoms with van der Waals surface area (Å²) in [5.41, 5.74) is 0.411. The average Bonchev–Trinajstić information content (AvgIpc) is 1.86. The Labute approximate surface area is 70.9 Å². The van der Waals surface area contributed by atoms with Crippen molar-refractivity contribution in [2.24, 2.45) is 11.3 Å². The topological polar surface area (TPSA) is 12.0 Å². The Morgan fingerprint density at radius 2 is 2.00 bits per heavy atom. The van der Waals surface area contributed by atoms with E-state index in [4.69, 9.17) is 0 Å². The number of hydrogen-bond acceptors (Lipinski definition) is 1. The standard InChI is InChI=1S/C10H21N/c1-6-7-11-8-9(2)10(3,4)5/h6,9,11H,1,7-8H2,2-5H3. The minimum atomic E-state index is 0.411. The van der Waals surface area contributed by atoms with Gasteiger partial charge in [0.1, 0.15) is 0 Å². The molecule has 1 atom stereocenters. The smallest absolute Gasteiger partial charge is 0.0132 e. The predicted octanol–water partition coefficient (Wildman–Crippen LogP) is 2.44. The largest absolute Gasteiger partial charge is 0.313 e. The van der Waals surface area contributed by atoms with Crippen LogP contribution in [0.15, 0.2) is 12.7 Å². The summed E-state index contributed by atoms with van der Waals surface area (Å²) in [6.45, 7) is 14.7. The lowest BCUT2D eigenvalue weighted by Crippen LogP contribution is -2.29. The van der Waals surface area contributed by atoms with Crippen LogP contribution in [0.3, 0.4) is 0 Å². The molecule has 0 rings (SSSR count). The number of nitrogens with one attached hydrogen (secondary N) is 1. The van der Waals surface area contributed by atoms with E-state index < -0.39 is 0 Å². The molecule has 1 unspecified atom stereocenters. The molecule has 0 bridgehead atoms. The zero-order valence-corrected chi connectivity index (χ0v) is 8.28. The molecule has 0 radical (unpaired) electrons. The average molecular weight is 155 g/mol. The Balaban J connectivity index is 3.52. The fourth-order valence-corrected chi connectivity index (χ4v) is 0.708. The van der Waals surface area contributed by atoms with Gasteiger partial charge in [-0.05, 0) is 17.9 Å². The normalized spacial score (nSPS) is 14.5. The molecule has 0 fully saturated rings. The van der Waals surface area contributed by atoms with E-state index in [2.05, 4.69) is 39.6 Å². The van der Waals surface area contributed by atoms with Gasteiger partial charge in [-0.15, -0.1) is 6.58 Å². The van der Waals surface area contributed by atoms with Crippen molar-refractivity contribution in [3.63, 3.8) is 0 Å². The Morgan fingerprint density at radius 3 is 2.36 bits per heavy atom. The first-order valence-corrected chi connectivity index (χ1v) is 4.30. The van der Waals surface area contributed by atoms with Crippen LogP contribution in [0.4, 0.5) is 0 Å². The molecule has 0 amide bonds. The van der Waals surface area contributed by atoms with Crippen molar-refractivity contribution in [1.82, 2.24) is 5.32 Å². The maximum Gasteiger partial charge on any atom is 0.0132 e. The van der Waals surface area contributed by atoms with E-state index in [-0.39, 0.29) is 0 Å². The highest BCUT2D eigenvalue weighted by Gasteiger charge is 2.18. The van der Waals surface area contributed by atoms with Gasteiger partial charge in [-0.3, -0.25) is 0 Å². The molecule has 1 heteroatoms. The van der Waals surface area contributed by atoms with Crippen molar-refractivity contribution in [1.29, 1.82) is 0 Å². The van der Waals surface area contributed by atoms with Gasteiger partial charge in [-0.1, -0.05) is 33.8 Å². The highest BCUT2D eigenvalue weighted by Crippen LogP contribution is 2.24. The maximum atomic E-state index is 3.66. The summed E-state index contributed by atoms with van der Waals surface area (Å²) in [4.78, 5) is 0. The van der Waals surface area contributed by atoms with Crippen molar-refractivity contribution in [3.05, 3.63) is 12.7 Å². The van der Waals surface area contributed by atoms with Crippen LogP contribution < -0.4 is 5.32 Å². The van der Waals surface area contributed by atoms with Gasteiger partial charge in [0.25, 0.3) is 0 Å². The highest BCUT2D eigenvalue weighted by molar-refractivity contribution is 4.75. The van der Waals surface area contributed by atoms with Crippen LogP contribution in [0.5, 0.6) is 0 Å². The molecule has 1 N–H and O–H groups in total. The van der Waals surface area contributed by atoms with Gasteiger partial charge >= 0.3 is 0 Å². The molecule has 0 saturated heterocycles.